The van der Waals surface area contributed by atoms with Gasteiger partial charge >= 0.3 is 0 Å². The second kappa shape index (κ2) is 1.94. The minimum Gasteiger partial charge on any atom is -0.312 e. The van der Waals surface area contributed by atoms with Crippen LogP contribution in [0.5, 0.6) is 0 Å². The molecule has 58 valence electrons. The molecule has 0 aromatic rings. The molecular formula is C8H9NO2. The van der Waals surface area contributed by atoms with Crippen LogP contribution in [0.4, 0.5) is 0 Å². The van der Waals surface area contributed by atoms with Gasteiger partial charge in [-0.05, 0) is 6.92 Å². The normalized spacial score (nSPS) is 29.4. The van der Waals surface area contributed by atoms with Crippen molar-refractivity contribution in [3.05, 3.63) is 11.8 Å². The maximum absolute atomic E-state index is 11.0. The van der Waals surface area contributed by atoms with Gasteiger partial charge in [-0.25, -0.2) is 0 Å². The Morgan fingerprint density at radius 3 is 2.73 bits per heavy atom. The van der Waals surface area contributed by atoms with Crippen LogP contribution in [0.15, 0.2) is 11.8 Å². The number of allylic oxidation sites excluding steroid dienone is 2. The van der Waals surface area contributed by atoms with Crippen molar-refractivity contribution >= 4 is 11.7 Å². The Labute approximate surface area is 64.7 Å². The molecule has 0 aliphatic carbocycles. The standard InChI is InChI=1S/C8H9NO2/c1-5-2-7(10)3-6-4-8(11)9(5)6/h2,6H,3-4H2,1H3. The number of nitrogens with zero attached hydrogens (tertiary/aromatic N) is 1. The summed E-state index contributed by atoms with van der Waals surface area (Å²) in [5.74, 6) is 0.299. The van der Waals surface area contributed by atoms with Crippen LogP contribution in [0, 0.1) is 0 Å². The molecule has 1 atom stereocenters. The average molecular weight is 151 g/mol. The number of amides is 1. The predicted octanol–water partition coefficient (Wildman–Crippen LogP) is 0.464. The number of hydrogen-bond acceptors (Lipinski definition) is 2. The van der Waals surface area contributed by atoms with E-state index in [1.165, 1.54) is 0 Å². The van der Waals surface area contributed by atoms with E-state index in [1.807, 2.05) is 0 Å². The van der Waals surface area contributed by atoms with E-state index in [4.69, 9.17) is 0 Å². The van der Waals surface area contributed by atoms with Crippen LogP contribution in [0.1, 0.15) is 19.8 Å². The van der Waals surface area contributed by atoms with Gasteiger partial charge in [-0.2, -0.15) is 0 Å². The van der Waals surface area contributed by atoms with Gasteiger partial charge in [-0.15, -0.1) is 0 Å². The highest BCUT2D eigenvalue weighted by molar-refractivity contribution is 5.97. The minimum atomic E-state index is 0.149. The number of rotatable bonds is 0. The van der Waals surface area contributed by atoms with E-state index in [0.29, 0.717) is 12.8 Å². The number of carbonyl (C=O) groups excluding carboxylic acids is 2. The lowest BCUT2D eigenvalue weighted by Crippen LogP contribution is -2.53. The van der Waals surface area contributed by atoms with E-state index in [1.54, 1.807) is 17.9 Å². The lowest BCUT2D eigenvalue weighted by atomic mass is 9.91. The summed E-state index contributed by atoms with van der Waals surface area (Å²) in [6, 6.07) is 0.181. The number of β-lactam (4-membered cyclic amide) rings is 1. The first-order valence-electron chi connectivity index (χ1n) is 3.71. The Bertz CT molecular complexity index is 267. The zero-order valence-corrected chi connectivity index (χ0v) is 6.33. The largest absolute Gasteiger partial charge is 0.312 e. The molecule has 2 aliphatic heterocycles. The molecule has 0 aromatic heterocycles. The van der Waals surface area contributed by atoms with Crippen molar-refractivity contribution in [1.29, 1.82) is 0 Å². The average Bonchev–Trinajstić information content (AvgIpc) is 1.83. The number of ketones is 1. The molecule has 2 rings (SSSR count). The zero-order chi connectivity index (χ0) is 8.01. The van der Waals surface area contributed by atoms with Gasteiger partial charge in [-0.1, -0.05) is 0 Å². The van der Waals surface area contributed by atoms with Crippen molar-refractivity contribution in [2.24, 2.45) is 0 Å². The first-order valence-corrected chi connectivity index (χ1v) is 3.71. The molecule has 0 saturated carbocycles. The van der Waals surface area contributed by atoms with Gasteiger partial charge in [0.2, 0.25) is 5.91 Å². The molecule has 2 heterocycles. The van der Waals surface area contributed by atoms with Crippen molar-refractivity contribution < 1.29 is 9.59 Å². The second-order valence-corrected chi connectivity index (χ2v) is 3.08. The third-order valence-corrected chi connectivity index (χ3v) is 2.23. The molecular weight excluding hydrogens is 142 g/mol. The molecule has 0 bridgehead atoms. The Morgan fingerprint density at radius 1 is 1.45 bits per heavy atom. The summed E-state index contributed by atoms with van der Waals surface area (Å²) in [5.41, 5.74) is 0.808. The van der Waals surface area contributed by atoms with Gasteiger partial charge in [0.15, 0.2) is 5.78 Å². The molecule has 3 heteroatoms. The Balaban J connectivity index is 2.30. The van der Waals surface area contributed by atoms with Crippen LogP contribution in [0.2, 0.25) is 0 Å². The second-order valence-electron chi connectivity index (χ2n) is 3.08. The lowest BCUT2D eigenvalue weighted by molar-refractivity contribution is -0.144. The van der Waals surface area contributed by atoms with Crippen molar-refractivity contribution in [3.63, 3.8) is 0 Å². The highest BCUT2D eigenvalue weighted by Crippen LogP contribution is 2.30. The predicted molar refractivity (Wildman–Crippen MR) is 38.6 cm³/mol. The summed E-state index contributed by atoms with van der Waals surface area (Å²) >= 11 is 0. The van der Waals surface area contributed by atoms with Gasteiger partial charge in [-0.3, -0.25) is 9.59 Å². The van der Waals surface area contributed by atoms with E-state index in [9.17, 15) is 9.59 Å². The van der Waals surface area contributed by atoms with E-state index in [2.05, 4.69) is 0 Å². The fourth-order valence-corrected chi connectivity index (χ4v) is 1.72. The van der Waals surface area contributed by atoms with Crippen LogP contribution in [0.3, 0.4) is 0 Å². The quantitative estimate of drug-likeness (QED) is 0.472. The van der Waals surface area contributed by atoms with Gasteiger partial charge in [0.1, 0.15) is 0 Å². The van der Waals surface area contributed by atoms with Gasteiger partial charge < -0.3 is 4.90 Å². The zero-order valence-electron chi connectivity index (χ0n) is 6.33. The summed E-state index contributed by atoms with van der Waals surface area (Å²) < 4.78 is 0. The molecule has 0 aromatic carbocycles. The van der Waals surface area contributed by atoms with Crippen LogP contribution >= 0.6 is 0 Å². The Kier molecular flexibility index (Phi) is 1.16. The molecule has 1 amide bonds. The molecule has 11 heavy (non-hydrogen) atoms. The van der Waals surface area contributed by atoms with Crippen LogP contribution in [-0.2, 0) is 9.59 Å². The number of fused-ring (bicyclic) bond motifs is 1. The van der Waals surface area contributed by atoms with E-state index in [0.717, 1.165) is 5.70 Å². The van der Waals surface area contributed by atoms with Crippen molar-refractivity contribution in [3.8, 4) is 0 Å². The molecule has 1 saturated heterocycles. The third kappa shape index (κ3) is 0.803. The molecule has 1 fully saturated rings. The van der Waals surface area contributed by atoms with E-state index in [-0.39, 0.29) is 17.7 Å². The van der Waals surface area contributed by atoms with Gasteiger partial charge in [0, 0.05) is 24.6 Å². The van der Waals surface area contributed by atoms with Crippen molar-refractivity contribution in [2.75, 3.05) is 0 Å². The number of hydrogen-bond donors (Lipinski definition) is 0. The molecule has 1 unspecified atom stereocenters. The lowest BCUT2D eigenvalue weighted by Gasteiger charge is -2.42. The minimum absolute atomic E-state index is 0.149. The van der Waals surface area contributed by atoms with Gasteiger partial charge in [0.05, 0.1) is 6.04 Å². The first kappa shape index (κ1) is 6.58. The molecule has 0 radical (unpaired) electrons. The monoisotopic (exact) mass is 151 g/mol. The van der Waals surface area contributed by atoms with Crippen LogP contribution in [-0.4, -0.2) is 22.6 Å². The first-order chi connectivity index (χ1) is 5.18. The third-order valence-electron chi connectivity index (χ3n) is 2.23. The molecule has 0 spiro atoms. The fourth-order valence-electron chi connectivity index (χ4n) is 1.72. The highest BCUT2D eigenvalue weighted by atomic mass is 16.2. The van der Waals surface area contributed by atoms with E-state index < -0.39 is 0 Å². The molecule has 2 aliphatic rings. The van der Waals surface area contributed by atoms with Gasteiger partial charge in [0.25, 0.3) is 0 Å². The van der Waals surface area contributed by atoms with E-state index >= 15 is 0 Å². The highest BCUT2D eigenvalue weighted by Gasteiger charge is 2.40. The maximum atomic E-state index is 11.0. The number of carbonyl (C=O) groups is 2. The SMILES string of the molecule is CC1=CC(=O)CC2CC(=O)N12. The summed E-state index contributed by atoms with van der Waals surface area (Å²) in [4.78, 5) is 23.6. The van der Waals surface area contributed by atoms with Crippen molar-refractivity contribution in [2.45, 2.75) is 25.8 Å². The fraction of sp³-hybridized carbons (Fsp3) is 0.500. The summed E-state index contributed by atoms with van der Waals surface area (Å²) in [5, 5.41) is 0. The molecule has 0 N–H and O–H groups in total. The smallest absolute Gasteiger partial charge is 0.229 e. The topological polar surface area (TPSA) is 37.4 Å². The van der Waals surface area contributed by atoms with Crippen molar-refractivity contribution in [1.82, 2.24) is 4.90 Å². The van der Waals surface area contributed by atoms with Crippen LogP contribution in [0.25, 0.3) is 0 Å². The summed E-state index contributed by atoms with van der Waals surface area (Å²) in [6.45, 7) is 1.81. The van der Waals surface area contributed by atoms with Crippen LogP contribution < -0.4 is 0 Å². The summed E-state index contributed by atoms with van der Waals surface area (Å²) in [7, 11) is 0. The Morgan fingerprint density at radius 2 is 2.18 bits per heavy atom. The Hall–Kier alpha value is -1.12. The maximum Gasteiger partial charge on any atom is 0.229 e. The summed E-state index contributed by atoms with van der Waals surface area (Å²) in [6.07, 6.45) is 2.62. The molecule has 3 nitrogen and oxygen atoms in total.